The van der Waals surface area contributed by atoms with Gasteiger partial charge in [-0.05, 0) is 30.5 Å². The van der Waals surface area contributed by atoms with Gasteiger partial charge in [0.25, 0.3) is 0 Å². The van der Waals surface area contributed by atoms with Crippen molar-refractivity contribution in [2.24, 2.45) is 5.92 Å². The second-order valence-electron chi connectivity index (χ2n) is 5.18. The molecule has 0 saturated heterocycles. The Morgan fingerprint density at radius 1 is 1.38 bits per heavy atom. The van der Waals surface area contributed by atoms with Crippen LogP contribution in [0.4, 0.5) is 0 Å². The molecule has 0 amide bonds. The molecule has 0 aromatic heterocycles. The summed E-state index contributed by atoms with van der Waals surface area (Å²) in [6, 6.07) is 3.57. The van der Waals surface area contributed by atoms with Crippen LogP contribution in [0.2, 0.25) is 0 Å². The van der Waals surface area contributed by atoms with E-state index >= 15 is 0 Å². The van der Waals surface area contributed by atoms with Gasteiger partial charge in [0.1, 0.15) is 11.3 Å². The number of hydrogen-bond acceptors (Lipinski definition) is 5. The first kappa shape index (κ1) is 17.5. The SMILES string of the molecule is COC(=O)c1cc(S(=O)(=O)N(C)CCC(C)C)ccc1O. The summed E-state index contributed by atoms with van der Waals surface area (Å²) in [6.07, 6.45) is 0.734. The van der Waals surface area contributed by atoms with E-state index in [0.29, 0.717) is 12.5 Å². The van der Waals surface area contributed by atoms with Crippen LogP contribution >= 0.6 is 0 Å². The largest absolute Gasteiger partial charge is 0.507 e. The molecular formula is C14H21NO5S. The summed E-state index contributed by atoms with van der Waals surface area (Å²) in [5.74, 6) is -0.715. The molecule has 0 aliphatic rings. The van der Waals surface area contributed by atoms with Gasteiger partial charge in [-0.2, -0.15) is 0 Å². The van der Waals surface area contributed by atoms with Gasteiger partial charge in [0.05, 0.1) is 12.0 Å². The molecule has 1 aromatic rings. The van der Waals surface area contributed by atoms with Crippen molar-refractivity contribution in [2.75, 3.05) is 20.7 Å². The Labute approximate surface area is 125 Å². The second kappa shape index (κ2) is 6.91. The third-order valence-corrected chi connectivity index (χ3v) is 4.96. The number of esters is 1. The van der Waals surface area contributed by atoms with Gasteiger partial charge in [-0.1, -0.05) is 13.8 Å². The van der Waals surface area contributed by atoms with Crippen LogP contribution < -0.4 is 0 Å². The topological polar surface area (TPSA) is 83.9 Å². The van der Waals surface area contributed by atoms with Crippen LogP contribution in [0.5, 0.6) is 5.75 Å². The molecule has 6 nitrogen and oxygen atoms in total. The summed E-state index contributed by atoms with van der Waals surface area (Å²) < 4.78 is 30.6. The molecule has 0 aliphatic carbocycles. The zero-order valence-electron chi connectivity index (χ0n) is 12.7. The zero-order valence-corrected chi connectivity index (χ0v) is 13.5. The summed E-state index contributed by atoms with van der Waals surface area (Å²) in [7, 11) is -1.05. The van der Waals surface area contributed by atoms with E-state index in [2.05, 4.69) is 4.74 Å². The second-order valence-corrected chi connectivity index (χ2v) is 7.22. The van der Waals surface area contributed by atoms with E-state index in [4.69, 9.17) is 0 Å². The smallest absolute Gasteiger partial charge is 0.341 e. The molecule has 0 radical (unpaired) electrons. The maximum atomic E-state index is 12.4. The summed E-state index contributed by atoms with van der Waals surface area (Å²) >= 11 is 0. The molecule has 0 aliphatic heterocycles. The lowest BCUT2D eigenvalue weighted by Gasteiger charge is -2.18. The average Bonchev–Trinajstić information content (AvgIpc) is 2.43. The highest BCUT2D eigenvalue weighted by atomic mass is 32.2. The van der Waals surface area contributed by atoms with Crippen molar-refractivity contribution < 1.29 is 23.1 Å². The van der Waals surface area contributed by atoms with Crippen molar-refractivity contribution in [3.63, 3.8) is 0 Å². The lowest BCUT2D eigenvalue weighted by atomic mass is 10.1. The summed E-state index contributed by atoms with van der Waals surface area (Å²) in [4.78, 5) is 11.5. The van der Waals surface area contributed by atoms with Crippen molar-refractivity contribution in [1.82, 2.24) is 4.31 Å². The Morgan fingerprint density at radius 2 is 2.00 bits per heavy atom. The molecule has 118 valence electrons. The van der Waals surface area contributed by atoms with Crippen LogP contribution in [0.1, 0.15) is 30.6 Å². The molecule has 0 spiro atoms. The zero-order chi connectivity index (χ0) is 16.2. The van der Waals surface area contributed by atoms with Crippen LogP contribution in [0.15, 0.2) is 23.1 Å². The molecule has 0 atom stereocenters. The quantitative estimate of drug-likeness (QED) is 0.810. The Bertz CT molecular complexity index is 610. The molecule has 0 unspecified atom stereocenters. The summed E-state index contributed by atoms with van der Waals surface area (Å²) in [5, 5.41) is 9.61. The Balaban J connectivity index is 3.11. The fraction of sp³-hybridized carbons (Fsp3) is 0.500. The molecule has 1 aromatic carbocycles. The molecule has 1 N–H and O–H groups in total. The standard InChI is InChI=1S/C14H21NO5S/c1-10(2)7-8-15(3)21(18,19)11-5-6-13(16)12(9-11)14(17)20-4/h5-6,9-10,16H,7-8H2,1-4H3. The van der Waals surface area contributed by atoms with Gasteiger partial charge in [0, 0.05) is 13.6 Å². The number of phenols is 1. The highest BCUT2D eigenvalue weighted by Crippen LogP contribution is 2.24. The Morgan fingerprint density at radius 3 is 2.52 bits per heavy atom. The van der Waals surface area contributed by atoms with Crippen molar-refractivity contribution in [3.8, 4) is 5.75 Å². The summed E-state index contributed by atoms with van der Waals surface area (Å²) in [6.45, 7) is 4.40. The third kappa shape index (κ3) is 4.18. The number of sulfonamides is 1. The van der Waals surface area contributed by atoms with Crippen LogP contribution in [-0.4, -0.2) is 44.5 Å². The molecule has 21 heavy (non-hydrogen) atoms. The van der Waals surface area contributed by atoms with E-state index in [0.717, 1.165) is 19.6 Å². The minimum Gasteiger partial charge on any atom is -0.507 e. The van der Waals surface area contributed by atoms with Crippen molar-refractivity contribution in [2.45, 2.75) is 25.2 Å². The predicted octanol–water partition coefficient (Wildman–Crippen LogP) is 1.85. The molecule has 7 heteroatoms. The molecular weight excluding hydrogens is 294 g/mol. The molecule has 0 bridgehead atoms. The number of ether oxygens (including phenoxy) is 1. The third-order valence-electron chi connectivity index (χ3n) is 3.10. The monoisotopic (exact) mass is 315 g/mol. The van der Waals surface area contributed by atoms with Gasteiger partial charge >= 0.3 is 5.97 Å². The molecule has 1 rings (SSSR count). The van der Waals surface area contributed by atoms with Crippen molar-refractivity contribution in [3.05, 3.63) is 23.8 Å². The number of nitrogens with zero attached hydrogens (tertiary/aromatic N) is 1. The normalized spacial score (nSPS) is 11.9. The van der Waals surface area contributed by atoms with Crippen LogP contribution in [-0.2, 0) is 14.8 Å². The molecule has 0 fully saturated rings. The van der Waals surface area contributed by atoms with Crippen molar-refractivity contribution in [1.29, 1.82) is 0 Å². The first-order valence-electron chi connectivity index (χ1n) is 6.57. The van der Waals surface area contributed by atoms with E-state index in [1.165, 1.54) is 23.5 Å². The number of phenolic OH excluding ortho intramolecular Hbond substituents is 1. The van der Waals surface area contributed by atoms with E-state index in [1.807, 2.05) is 13.8 Å². The van der Waals surface area contributed by atoms with Gasteiger partial charge in [-0.15, -0.1) is 0 Å². The maximum Gasteiger partial charge on any atom is 0.341 e. The highest BCUT2D eigenvalue weighted by Gasteiger charge is 2.23. The Kier molecular flexibility index (Phi) is 5.74. The number of methoxy groups -OCH3 is 1. The number of carbonyl (C=O) groups is 1. The van der Waals surface area contributed by atoms with Gasteiger partial charge < -0.3 is 9.84 Å². The van der Waals surface area contributed by atoms with E-state index in [9.17, 15) is 18.3 Å². The van der Waals surface area contributed by atoms with Gasteiger partial charge in [-0.3, -0.25) is 0 Å². The van der Waals surface area contributed by atoms with Crippen LogP contribution in [0, 0.1) is 5.92 Å². The van der Waals surface area contributed by atoms with E-state index in [1.54, 1.807) is 0 Å². The number of aromatic hydroxyl groups is 1. The predicted molar refractivity (Wildman–Crippen MR) is 78.7 cm³/mol. The minimum atomic E-state index is -3.70. The number of rotatable bonds is 6. The molecule has 0 heterocycles. The lowest BCUT2D eigenvalue weighted by Crippen LogP contribution is -2.28. The molecule has 0 saturated carbocycles. The van der Waals surface area contributed by atoms with E-state index < -0.39 is 16.0 Å². The van der Waals surface area contributed by atoms with Crippen LogP contribution in [0.3, 0.4) is 0 Å². The highest BCUT2D eigenvalue weighted by molar-refractivity contribution is 7.89. The average molecular weight is 315 g/mol. The maximum absolute atomic E-state index is 12.4. The van der Waals surface area contributed by atoms with Gasteiger partial charge in [0.2, 0.25) is 10.0 Å². The first-order valence-corrected chi connectivity index (χ1v) is 8.01. The van der Waals surface area contributed by atoms with Gasteiger partial charge in [0.15, 0.2) is 0 Å². The summed E-state index contributed by atoms with van der Waals surface area (Å²) in [5.41, 5.74) is -0.171. The minimum absolute atomic E-state index is 0.0491. The van der Waals surface area contributed by atoms with Crippen LogP contribution in [0.25, 0.3) is 0 Å². The van der Waals surface area contributed by atoms with E-state index in [-0.39, 0.29) is 16.2 Å². The Hall–Kier alpha value is -1.60. The fourth-order valence-electron chi connectivity index (χ4n) is 1.69. The number of hydrogen-bond donors (Lipinski definition) is 1. The van der Waals surface area contributed by atoms with Crippen molar-refractivity contribution >= 4 is 16.0 Å². The number of carbonyl (C=O) groups excluding carboxylic acids is 1. The fourth-order valence-corrected chi connectivity index (χ4v) is 2.90. The van der Waals surface area contributed by atoms with Gasteiger partial charge in [-0.25, -0.2) is 17.5 Å². The lowest BCUT2D eigenvalue weighted by molar-refractivity contribution is 0.0597. The number of benzene rings is 1. The first-order chi connectivity index (χ1) is 9.70.